The van der Waals surface area contributed by atoms with Crippen molar-refractivity contribution < 1.29 is 4.79 Å². The molecule has 0 unspecified atom stereocenters. The van der Waals surface area contributed by atoms with E-state index in [-0.39, 0.29) is 11.8 Å². The summed E-state index contributed by atoms with van der Waals surface area (Å²) in [5.41, 5.74) is 2.39. The fourth-order valence-corrected chi connectivity index (χ4v) is 3.87. The molecule has 1 saturated heterocycles. The minimum absolute atomic E-state index is 0.121. The average molecular weight is 300 g/mol. The largest absolute Gasteiger partial charge is 0.326 e. The SMILES string of the molecule is O=C(Nc1ccccc1C1CCCCCC1)[C@H]1CCCNC1. The average Bonchev–Trinajstić information content (AvgIpc) is 2.85. The lowest BCUT2D eigenvalue weighted by Gasteiger charge is -2.24. The van der Waals surface area contributed by atoms with Crippen molar-refractivity contribution in [3.63, 3.8) is 0 Å². The Hall–Kier alpha value is -1.35. The van der Waals surface area contributed by atoms with Gasteiger partial charge in [-0.2, -0.15) is 0 Å². The van der Waals surface area contributed by atoms with Gasteiger partial charge in [-0.25, -0.2) is 0 Å². The van der Waals surface area contributed by atoms with Gasteiger partial charge in [0, 0.05) is 12.2 Å². The number of piperidine rings is 1. The van der Waals surface area contributed by atoms with Crippen LogP contribution in [0.2, 0.25) is 0 Å². The molecule has 120 valence electrons. The first-order valence-corrected chi connectivity index (χ1v) is 8.95. The Balaban J connectivity index is 1.71. The van der Waals surface area contributed by atoms with E-state index in [2.05, 4.69) is 28.8 Å². The molecular weight excluding hydrogens is 272 g/mol. The molecule has 1 aliphatic carbocycles. The predicted molar refractivity (Wildman–Crippen MR) is 91.1 cm³/mol. The molecule has 0 spiro atoms. The Morgan fingerprint density at radius 2 is 1.77 bits per heavy atom. The van der Waals surface area contributed by atoms with Crippen molar-refractivity contribution in [1.82, 2.24) is 5.32 Å². The molecule has 22 heavy (non-hydrogen) atoms. The summed E-state index contributed by atoms with van der Waals surface area (Å²) in [5, 5.41) is 6.55. The summed E-state index contributed by atoms with van der Waals surface area (Å²) in [7, 11) is 0. The van der Waals surface area contributed by atoms with Crippen LogP contribution < -0.4 is 10.6 Å². The van der Waals surface area contributed by atoms with Crippen LogP contribution in [0.25, 0.3) is 0 Å². The van der Waals surface area contributed by atoms with Crippen molar-refractivity contribution in [2.24, 2.45) is 5.92 Å². The number of nitrogens with one attached hydrogen (secondary N) is 2. The van der Waals surface area contributed by atoms with Crippen LogP contribution >= 0.6 is 0 Å². The zero-order valence-corrected chi connectivity index (χ0v) is 13.4. The number of anilines is 1. The van der Waals surface area contributed by atoms with Crippen LogP contribution in [0.5, 0.6) is 0 Å². The molecule has 1 saturated carbocycles. The maximum Gasteiger partial charge on any atom is 0.228 e. The molecule has 1 aromatic carbocycles. The third kappa shape index (κ3) is 3.89. The standard InChI is InChI=1S/C19H28N2O/c22-19(16-10-7-13-20-14-16)21-18-12-6-5-11-17(18)15-8-3-1-2-4-9-15/h5-6,11-12,15-16,20H,1-4,7-10,13-14H2,(H,21,22)/t16-/m0/s1. The summed E-state index contributed by atoms with van der Waals surface area (Å²) >= 11 is 0. The van der Waals surface area contributed by atoms with E-state index in [0.717, 1.165) is 31.6 Å². The van der Waals surface area contributed by atoms with Crippen LogP contribution in [0.1, 0.15) is 62.8 Å². The maximum atomic E-state index is 12.5. The van der Waals surface area contributed by atoms with E-state index < -0.39 is 0 Å². The normalized spacial score (nSPS) is 23.7. The van der Waals surface area contributed by atoms with Gasteiger partial charge in [0.15, 0.2) is 0 Å². The molecule has 2 fully saturated rings. The van der Waals surface area contributed by atoms with Gasteiger partial charge in [-0.05, 0) is 49.8 Å². The fraction of sp³-hybridized carbons (Fsp3) is 0.632. The zero-order valence-electron chi connectivity index (χ0n) is 13.4. The van der Waals surface area contributed by atoms with Gasteiger partial charge >= 0.3 is 0 Å². The molecule has 3 rings (SSSR count). The molecule has 1 amide bonds. The number of benzene rings is 1. The fourth-order valence-electron chi connectivity index (χ4n) is 3.87. The van der Waals surface area contributed by atoms with Gasteiger partial charge in [-0.15, -0.1) is 0 Å². The van der Waals surface area contributed by atoms with E-state index in [0.29, 0.717) is 5.92 Å². The molecule has 0 aromatic heterocycles. The molecular formula is C19H28N2O. The Morgan fingerprint density at radius 1 is 1.00 bits per heavy atom. The van der Waals surface area contributed by atoms with E-state index in [1.54, 1.807) is 0 Å². The topological polar surface area (TPSA) is 41.1 Å². The first-order chi connectivity index (χ1) is 10.8. The molecule has 1 heterocycles. The molecule has 2 N–H and O–H groups in total. The Bertz CT molecular complexity index is 486. The number of carbonyl (C=O) groups is 1. The minimum Gasteiger partial charge on any atom is -0.326 e. The van der Waals surface area contributed by atoms with Gasteiger partial charge in [-0.3, -0.25) is 4.79 Å². The minimum atomic E-state index is 0.121. The van der Waals surface area contributed by atoms with E-state index in [1.165, 1.54) is 44.1 Å². The lowest BCUT2D eigenvalue weighted by Crippen LogP contribution is -2.37. The molecule has 2 aliphatic rings. The Kier molecular flexibility index (Phi) is 5.49. The Labute approximate surface area is 133 Å². The molecule has 3 heteroatoms. The molecule has 0 bridgehead atoms. The first-order valence-electron chi connectivity index (χ1n) is 8.95. The van der Waals surface area contributed by atoms with Gasteiger partial charge in [0.2, 0.25) is 5.91 Å². The summed E-state index contributed by atoms with van der Waals surface area (Å²) in [6.45, 7) is 1.86. The Morgan fingerprint density at radius 3 is 2.50 bits per heavy atom. The number of rotatable bonds is 3. The van der Waals surface area contributed by atoms with Crippen molar-refractivity contribution in [2.75, 3.05) is 18.4 Å². The second kappa shape index (κ2) is 7.77. The highest BCUT2D eigenvalue weighted by molar-refractivity contribution is 5.93. The van der Waals surface area contributed by atoms with Crippen molar-refractivity contribution in [3.05, 3.63) is 29.8 Å². The summed E-state index contributed by atoms with van der Waals surface area (Å²) in [5.74, 6) is 0.924. The summed E-state index contributed by atoms with van der Waals surface area (Å²) in [6, 6.07) is 8.44. The number of para-hydroxylation sites is 1. The quantitative estimate of drug-likeness (QED) is 0.826. The number of carbonyl (C=O) groups excluding carboxylic acids is 1. The molecule has 0 radical (unpaired) electrons. The highest BCUT2D eigenvalue weighted by Gasteiger charge is 2.23. The second-order valence-electron chi connectivity index (χ2n) is 6.81. The van der Waals surface area contributed by atoms with Crippen molar-refractivity contribution in [1.29, 1.82) is 0 Å². The van der Waals surface area contributed by atoms with Crippen LogP contribution in [0.15, 0.2) is 24.3 Å². The van der Waals surface area contributed by atoms with Crippen LogP contribution in [-0.2, 0) is 4.79 Å². The van der Waals surface area contributed by atoms with Crippen LogP contribution in [0, 0.1) is 5.92 Å². The van der Waals surface area contributed by atoms with Gasteiger partial charge in [0.05, 0.1) is 5.92 Å². The first kappa shape index (κ1) is 15.5. The number of amides is 1. The van der Waals surface area contributed by atoms with Crippen molar-refractivity contribution in [2.45, 2.75) is 57.3 Å². The zero-order chi connectivity index (χ0) is 15.2. The maximum absolute atomic E-state index is 12.5. The molecule has 3 nitrogen and oxygen atoms in total. The second-order valence-corrected chi connectivity index (χ2v) is 6.81. The predicted octanol–water partition coefficient (Wildman–Crippen LogP) is 4.06. The lowest BCUT2D eigenvalue weighted by atomic mass is 9.90. The van der Waals surface area contributed by atoms with Gasteiger partial charge in [0.25, 0.3) is 0 Å². The van der Waals surface area contributed by atoms with Gasteiger partial charge in [-0.1, -0.05) is 43.9 Å². The third-order valence-corrected chi connectivity index (χ3v) is 5.18. The van der Waals surface area contributed by atoms with E-state index >= 15 is 0 Å². The van der Waals surface area contributed by atoms with Crippen molar-refractivity contribution in [3.8, 4) is 0 Å². The molecule has 1 aromatic rings. The smallest absolute Gasteiger partial charge is 0.228 e. The van der Waals surface area contributed by atoms with E-state index in [9.17, 15) is 4.79 Å². The van der Waals surface area contributed by atoms with E-state index in [1.807, 2.05) is 6.07 Å². The molecule has 1 atom stereocenters. The van der Waals surface area contributed by atoms with Crippen LogP contribution in [0.3, 0.4) is 0 Å². The summed E-state index contributed by atoms with van der Waals surface area (Å²) in [4.78, 5) is 12.5. The monoisotopic (exact) mass is 300 g/mol. The lowest BCUT2D eigenvalue weighted by molar-refractivity contribution is -0.120. The summed E-state index contributed by atoms with van der Waals surface area (Å²) in [6.07, 6.45) is 9.99. The van der Waals surface area contributed by atoms with Gasteiger partial charge < -0.3 is 10.6 Å². The molecule has 1 aliphatic heterocycles. The van der Waals surface area contributed by atoms with E-state index in [4.69, 9.17) is 0 Å². The highest BCUT2D eigenvalue weighted by atomic mass is 16.1. The third-order valence-electron chi connectivity index (χ3n) is 5.18. The number of hydrogen-bond acceptors (Lipinski definition) is 2. The number of hydrogen-bond donors (Lipinski definition) is 2. The summed E-state index contributed by atoms with van der Waals surface area (Å²) < 4.78 is 0. The van der Waals surface area contributed by atoms with Gasteiger partial charge in [0.1, 0.15) is 0 Å². The highest BCUT2D eigenvalue weighted by Crippen LogP contribution is 2.35. The van der Waals surface area contributed by atoms with Crippen molar-refractivity contribution >= 4 is 11.6 Å². The van der Waals surface area contributed by atoms with Crippen LogP contribution in [-0.4, -0.2) is 19.0 Å². The van der Waals surface area contributed by atoms with Crippen LogP contribution in [0.4, 0.5) is 5.69 Å².